The Kier molecular flexibility index (Phi) is 6.22. The van der Waals surface area contributed by atoms with Crippen molar-refractivity contribution < 1.29 is 24.1 Å². The van der Waals surface area contributed by atoms with Crippen molar-refractivity contribution in [3.63, 3.8) is 0 Å². The minimum atomic E-state index is -0.269. The Morgan fingerprint density at radius 3 is 2.20 bits per heavy atom. The lowest BCUT2D eigenvalue weighted by molar-refractivity contribution is -0.120. The quantitative estimate of drug-likeness (QED) is 0.593. The molecule has 2 N–H and O–H groups in total. The van der Waals surface area contributed by atoms with E-state index in [9.17, 15) is 9.90 Å². The number of hydrogen-bond donors (Lipinski definition) is 2. The molecule has 2 aromatic rings. The summed E-state index contributed by atoms with van der Waals surface area (Å²) in [5.74, 6) is 1.37. The molecular formula is C18H20N2O5. The summed E-state index contributed by atoms with van der Waals surface area (Å²) >= 11 is 0. The van der Waals surface area contributed by atoms with Crippen LogP contribution >= 0.6 is 0 Å². The van der Waals surface area contributed by atoms with Gasteiger partial charge in [0, 0.05) is 5.56 Å². The number of nitrogens with one attached hydrogen (secondary N) is 1. The van der Waals surface area contributed by atoms with Gasteiger partial charge in [0.25, 0.3) is 0 Å². The predicted octanol–water partition coefficient (Wildman–Crippen LogP) is 2.11. The molecule has 2 rings (SSSR count). The second-order valence-corrected chi connectivity index (χ2v) is 5.10. The average Bonchev–Trinajstić information content (AvgIpc) is 2.62. The van der Waals surface area contributed by atoms with Crippen LogP contribution in [0.15, 0.2) is 41.5 Å². The zero-order valence-electron chi connectivity index (χ0n) is 14.3. The maximum atomic E-state index is 11.9. The number of rotatable bonds is 7. The van der Waals surface area contributed by atoms with Crippen LogP contribution in [0.4, 0.5) is 0 Å². The van der Waals surface area contributed by atoms with Crippen LogP contribution in [0, 0.1) is 0 Å². The fourth-order valence-corrected chi connectivity index (χ4v) is 2.19. The van der Waals surface area contributed by atoms with E-state index in [1.165, 1.54) is 39.7 Å². The molecule has 1 amide bonds. The molecule has 0 saturated carbocycles. The fraction of sp³-hybridized carbons (Fsp3) is 0.222. The minimum absolute atomic E-state index is 0.157. The van der Waals surface area contributed by atoms with Crippen molar-refractivity contribution in [1.29, 1.82) is 0 Å². The van der Waals surface area contributed by atoms with Crippen LogP contribution in [0.2, 0.25) is 0 Å². The molecule has 0 unspecified atom stereocenters. The van der Waals surface area contributed by atoms with Crippen molar-refractivity contribution in [2.75, 3.05) is 21.3 Å². The Labute approximate surface area is 145 Å². The number of aromatic hydroxyl groups is 1. The molecule has 7 heteroatoms. The van der Waals surface area contributed by atoms with E-state index in [0.717, 1.165) is 5.56 Å². The number of nitrogens with zero attached hydrogens (tertiary/aromatic N) is 1. The van der Waals surface area contributed by atoms with Gasteiger partial charge in [0.05, 0.1) is 34.0 Å². The van der Waals surface area contributed by atoms with E-state index in [1.807, 2.05) is 0 Å². The Morgan fingerprint density at radius 2 is 1.68 bits per heavy atom. The molecule has 7 nitrogen and oxygen atoms in total. The van der Waals surface area contributed by atoms with Gasteiger partial charge in [-0.15, -0.1) is 0 Å². The van der Waals surface area contributed by atoms with Crippen molar-refractivity contribution in [3.8, 4) is 23.0 Å². The van der Waals surface area contributed by atoms with Crippen molar-refractivity contribution in [2.45, 2.75) is 6.42 Å². The first-order chi connectivity index (χ1) is 12.1. The third kappa shape index (κ3) is 4.87. The molecule has 0 saturated heterocycles. The predicted molar refractivity (Wildman–Crippen MR) is 93.6 cm³/mol. The average molecular weight is 344 g/mol. The molecule has 2 aromatic carbocycles. The first kappa shape index (κ1) is 18.1. The van der Waals surface area contributed by atoms with E-state index in [2.05, 4.69) is 10.5 Å². The van der Waals surface area contributed by atoms with E-state index >= 15 is 0 Å². The van der Waals surface area contributed by atoms with Crippen LogP contribution in [0.1, 0.15) is 11.1 Å². The first-order valence-electron chi connectivity index (χ1n) is 7.47. The second-order valence-electron chi connectivity index (χ2n) is 5.10. The zero-order chi connectivity index (χ0) is 18.2. The molecule has 0 bridgehead atoms. The molecule has 0 fully saturated rings. The van der Waals surface area contributed by atoms with Crippen LogP contribution < -0.4 is 19.6 Å². The summed E-state index contributed by atoms with van der Waals surface area (Å²) < 4.78 is 15.8. The molecule has 132 valence electrons. The summed E-state index contributed by atoms with van der Waals surface area (Å²) in [5, 5.41) is 13.2. The SMILES string of the molecule is COc1cc(/C=N\NC(=O)Cc2ccc(O)cc2)cc(OC)c1OC. The minimum Gasteiger partial charge on any atom is -0.508 e. The number of hydrogen-bond acceptors (Lipinski definition) is 6. The molecule has 0 aliphatic carbocycles. The largest absolute Gasteiger partial charge is 0.508 e. The maximum Gasteiger partial charge on any atom is 0.244 e. The van der Waals surface area contributed by atoms with E-state index in [-0.39, 0.29) is 18.1 Å². The molecule has 0 aromatic heterocycles. The van der Waals surface area contributed by atoms with E-state index in [4.69, 9.17) is 14.2 Å². The van der Waals surface area contributed by atoms with Gasteiger partial charge in [0.2, 0.25) is 11.7 Å². The molecule has 25 heavy (non-hydrogen) atoms. The summed E-state index contributed by atoms with van der Waals surface area (Å²) in [6, 6.07) is 9.85. The van der Waals surface area contributed by atoms with Crippen LogP contribution in [-0.2, 0) is 11.2 Å². The van der Waals surface area contributed by atoms with Crippen molar-refractivity contribution in [2.24, 2.45) is 5.10 Å². The second kappa shape index (κ2) is 8.58. The van der Waals surface area contributed by atoms with Crippen LogP contribution in [0.25, 0.3) is 0 Å². The summed E-state index contributed by atoms with van der Waals surface area (Å²) in [6.07, 6.45) is 1.64. The number of carbonyl (C=O) groups is 1. The molecule has 0 heterocycles. The molecule has 0 aliphatic rings. The number of amides is 1. The molecule has 0 atom stereocenters. The summed E-state index contributed by atoms with van der Waals surface area (Å²) in [7, 11) is 4.58. The van der Waals surface area contributed by atoms with Gasteiger partial charge in [-0.1, -0.05) is 12.1 Å². The van der Waals surface area contributed by atoms with Gasteiger partial charge in [-0.05, 0) is 29.8 Å². The van der Waals surface area contributed by atoms with Gasteiger partial charge in [-0.3, -0.25) is 4.79 Å². The van der Waals surface area contributed by atoms with E-state index in [0.29, 0.717) is 22.8 Å². The van der Waals surface area contributed by atoms with Crippen LogP contribution in [0.5, 0.6) is 23.0 Å². The maximum absolute atomic E-state index is 11.9. The Bertz CT molecular complexity index is 732. The molecular weight excluding hydrogens is 324 g/mol. The Balaban J connectivity index is 2.03. The summed E-state index contributed by atoms with van der Waals surface area (Å²) in [5.41, 5.74) is 3.91. The lowest BCUT2D eigenvalue weighted by Crippen LogP contribution is -2.19. The van der Waals surface area contributed by atoms with Gasteiger partial charge >= 0.3 is 0 Å². The highest BCUT2D eigenvalue weighted by Gasteiger charge is 2.12. The summed E-state index contributed by atoms with van der Waals surface area (Å²) in [4.78, 5) is 11.9. The lowest BCUT2D eigenvalue weighted by Gasteiger charge is -2.12. The van der Waals surface area contributed by atoms with Crippen molar-refractivity contribution in [1.82, 2.24) is 5.43 Å². The third-order valence-corrected chi connectivity index (χ3v) is 3.39. The van der Waals surface area contributed by atoms with E-state index < -0.39 is 0 Å². The first-order valence-corrected chi connectivity index (χ1v) is 7.47. The standard InChI is InChI=1S/C18H20N2O5/c1-23-15-8-13(9-16(24-2)18(15)25-3)11-19-20-17(22)10-12-4-6-14(21)7-5-12/h4-9,11,21H,10H2,1-3H3,(H,20,22)/b19-11-. The number of ether oxygens (including phenoxy) is 3. The highest BCUT2D eigenvalue weighted by atomic mass is 16.5. The van der Waals surface area contributed by atoms with Gasteiger partial charge in [0.1, 0.15) is 5.75 Å². The van der Waals surface area contributed by atoms with E-state index in [1.54, 1.807) is 24.3 Å². The van der Waals surface area contributed by atoms with Gasteiger partial charge < -0.3 is 19.3 Å². The lowest BCUT2D eigenvalue weighted by atomic mass is 10.1. The monoisotopic (exact) mass is 344 g/mol. The number of hydrazone groups is 1. The third-order valence-electron chi connectivity index (χ3n) is 3.39. The van der Waals surface area contributed by atoms with Crippen molar-refractivity contribution >= 4 is 12.1 Å². The Morgan fingerprint density at radius 1 is 1.08 bits per heavy atom. The highest BCUT2D eigenvalue weighted by molar-refractivity contribution is 5.85. The number of methoxy groups -OCH3 is 3. The fourth-order valence-electron chi connectivity index (χ4n) is 2.19. The number of benzene rings is 2. The normalized spacial score (nSPS) is 10.5. The topological polar surface area (TPSA) is 89.4 Å². The van der Waals surface area contributed by atoms with Gasteiger partial charge in [-0.25, -0.2) is 5.43 Å². The highest BCUT2D eigenvalue weighted by Crippen LogP contribution is 2.37. The van der Waals surface area contributed by atoms with Crippen LogP contribution in [0.3, 0.4) is 0 Å². The zero-order valence-corrected chi connectivity index (χ0v) is 14.3. The molecule has 0 aliphatic heterocycles. The number of phenolic OH excluding ortho intramolecular Hbond substituents is 1. The van der Waals surface area contributed by atoms with Gasteiger partial charge in [0.15, 0.2) is 11.5 Å². The summed E-state index contributed by atoms with van der Waals surface area (Å²) in [6.45, 7) is 0. The van der Waals surface area contributed by atoms with Crippen LogP contribution in [-0.4, -0.2) is 38.6 Å². The number of carbonyl (C=O) groups excluding carboxylic acids is 1. The van der Waals surface area contributed by atoms with Crippen molar-refractivity contribution in [3.05, 3.63) is 47.5 Å². The smallest absolute Gasteiger partial charge is 0.244 e. The Hall–Kier alpha value is -3.22. The molecule has 0 spiro atoms. The van der Waals surface area contributed by atoms with Gasteiger partial charge in [-0.2, -0.15) is 5.10 Å². The number of phenols is 1. The molecule has 0 radical (unpaired) electrons.